The third-order valence-corrected chi connectivity index (χ3v) is 8.22. The standard InChI is InChI=1S/C21H30O4/c1-20-8-7-13(23)9-12(20)3-4-14-15-5-6-16(18(25)11-22)21(15,2)10-17(24)19(14)20/h3,9,14-17,19,22-24H,4-8,10-11H2,1-2H3/t14-,15-,16+,17?,19+,20-,21-/m0/s1. The molecule has 2 fully saturated rings. The molecule has 0 amide bonds. The molecule has 0 aromatic heterocycles. The molecule has 4 nitrogen and oxygen atoms in total. The molecule has 4 heteroatoms. The summed E-state index contributed by atoms with van der Waals surface area (Å²) in [5.74, 6) is 1.28. The Balaban J connectivity index is 1.72. The molecule has 2 saturated carbocycles. The second-order valence-corrected chi connectivity index (χ2v) is 9.28. The van der Waals surface area contributed by atoms with E-state index in [-0.39, 0.29) is 35.1 Å². The van der Waals surface area contributed by atoms with E-state index in [0.29, 0.717) is 30.4 Å². The highest BCUT2D eigenvalue weighted by Gasteiger charge is 2.62. The molecule has 25 heavy (non-hydrogen) atoms. The van der Waals surface area contributed by atoms with Gasteiger partial charge in [-0.25, -0.2) is 0 Å². The third-order valence-electron chi connectivity index (χ3n) is 8.22. The van der Waals surface area contributed by atoms with Crippen LogP contribution in [0.5, 0.6) is 0 Å². The normalized spacial score (nSPS) is 48.7. The molecule has 0 bridgehead atoms. The Labute approximate surface area is 149 Å². The van der Waals surface area contributed by atoms with Gasteiger partial charge in [0.25, 0.3) is 0 Å². The van der Waals surface area contributed by atoms with E-state index in [9.17, 15) is 20.1 Å². The summed E-state index contributed by atoms with van der Waals surface area (Å²) in [4.78, 5) is 12.3. The Bertz CT molecular complexity index is 650. The van der Waals surface area contributed by atoms with Crippen molar-refractivity contribution in [3.8, 4) is 0 Å². The Morgan fingerprint density at radius 1 is 1.32 bits per heavy atom. The van der Waals surface area contributed by atoms with Crippen molar-refractivity contribution in [1.29, 1.82) is 0 Å². The van der Waals surface area contributed by atoms with Gasteiger partial charge in [0, 0.05) is 12.3 Å². The predicted octanol–water partition coefficient (Wildman–Crippen LogP) is 3.15. The highest BCUT2D eigenvalue weighted by atomic mass is 16.3. The lowest BCUT2D eigenvalue weighted by Gasteiger charge is -2.58. The minimum atomic E-state index is -0.430. The number of rotatable bonds is 2. The number of allylic oxidation sites excluding steroid dienone is 4. The van der Waals surface area contributed by atoms with Gasteiger partial charge >= 0.3 is 0 Å². The molecule has 4 aliphatic carbocycles. The van der Waals surface area contributed by atoms with Crippen LogP contribution < -0.4 is 0 Å². The zero-order chi connectivity index (χ0) is 18.0. The van der Waals surface area contributed by atoms with Gasteiger partial charge in [-0.15, -0.1) is 0 Å². The van der Waals surface area contributed by atoms with E-state index in [4.69, 9.17) is 0 Å². The fraction of sp³-hybridized carbons (Fsp3) is 0.762. The smallest absolute Gasteiger partial charge is 0.161 e. The average molecular weight is 346 g/mol. The van der Waals surface area contributed by atoms with Crippen molar-refractivity contribution in [2.45, 2.75) is 58.5 Å². The Hall–Kier alpha value is -1.13. The molecular formula is C21H30O4. The predicted molar refractivity (Wildman–Crippen MR) is 94.8 cm³/mol. The first-order valence-corrected chi connectivity index (χ1v) is 9.73. The number of carbonyl (C=O) groups excluding carboxylic acids is 1. The SMILES string of the molecule is C[C@]12CC(O)[C@H]3[C@@H](CC=C4C=C(O)CC[C@@]43C)[C@@H]1CC[C@@H]2C(=O)CO. The molecule has 0 aliphatic heterocycles. The van der Waals surface area contributed by atoms with Crippen LogP contribution in [0.4, 0.5) is 0 Å². The number of hydrogen-bond donors (Lipinski definition) is 3. The number of aliphatic hydroxyl groups excluding tert-OH is 3. The molecule has 0 spiro atoms. The number of ketones is 1. The maximum atomic E-state index is 12.3. The van der Waals surface area contributed by atoms with E-state index in [1.165, 1.54) is 5.57 Å². The zero-order valence-electron chi connectivity index (χ0n) is 15.2. The number of Topliss-reactive ketones (excluding diaryl/α,β-unsaturated/α-hetero) is 1. The number of fused-ring (bicyclic) bond motifs is 5. The van der Waals surface area contributed by atoms with Crippen LogP contribution >= 0.6 is 0 Å². The van der Waals surface area contributed by atoms with Crippen molar-refractivity contribution in [1.82, 2.24) is 0 Å². The summed E-state index contributed by atoms with van der Waals surface area (Å²) in [6, 6.07) is 0. The molecule has 7 atom stereocenters. The molecule has 0 aromatic carbocycles. The molecule has 1 unspecified atom stereocenters. The topological polar surface area (TPSA) is 77.8 Å². The van der Waals surface area contributed by atoms with Crippen molar-refractivity contribution in [2.75, 3.05) is 6.61 Å². The van der Waals surface area contributed by atoms with Gasteiger partial charge in [-0.3, -0.25) is 4.79 Å². The Kier molecular flexibility index (Phi) is 3.93. The average Bonchev–Trinajstić information content (AvgIpc) is 2.91. The van der Waals surface area contributed by atoms with Crippen LogP contribution in [0.2, 0.25) is 0 Å². The summed E-state index contributed by atoms with van der Waals surface area (Å²) < 4.78 is 0. The summed E-state index contributed by atoms with van der Waals surface area (Å²) in [5, 5.41) is 30.5. The lowest BCUT2D eigenvalue weighted by molar-refractivity contribution is -0.141. The minimum Gasteiger partial charge on any atom is -0.512 e. The third kappa shape index (κ3) is 2.30. The van der Waals surface area contributed by atoms with Crippen molar-refractivity contribution < 1.29 is 20.1 Å². The first kappa shape index (κ1) is 17.3. The molecule has 3 N–H and O–H groups in total. The van der Waals surface area contributed by atoms with Crippen molar-refractivity contribution in [3.05, 3.63) is 23.5 Å². The molecule has 0 saturated heterocycles. The molecule has 138 valence electrons. The molecule has 4 rings (SSSR count). The van der Waals surface area contributed by atoms with Gasteiger partial charge in [0.05, 0.1) is 11.9 Å². The van der Waals surface area contributed by atoms with E-state index in [1.54, 1.807) is 0 Å². The molecular weight excluding hydrogens is 316 g/mol. The number of carbonyl (C=O) groups is 1. The summed E-state index contributed by atoms with van der Waals surface area (Å²) in [7, 11) is 0. The van der Waals surface area contributed by atoms with Gasteiger partial charge in [0.15, 0.2) is 5.78 Å². The van der Waals surface area contributed by atoms with Crippen LogP contribution in [0, 0.1) is 34.5 Å². The van der Waals surface area contributed by atoms with Gasteiger partial charge in [-0.2, -0.15) is 0 Å². The van der Waals surface area contributed by atoms with Crippen molar-refractivity contribution in [2.24, 2.45) is 34.5 Å². The van der Waals surface area contributed by atoms with Crippen molar-refractivity contribution >= 4 is 5.78 Å². The van der Waals surface area contributed by atoms with Crippen LogP contribution in [0.25, 0.3) is 0 Å². The van der Waals surface area contributed by atoms with E-state index in [1.807, 2.05) is 6.08 Å². The van der Waals surface area contributed by atoms with Gasteiger partial charge < -0.3 is 15.3 Å². The quantitative estimate of drug-likeness (QED) is 0.718. The highest BCUT2D eigenvalue weighted by Crippen LogP contribution is 2.65. The Morgan fingerprint density at radius 3 is 2.80 bits per heavy atom. The first-order chi connectivity index (χ1) is 11.8. The second-order valence-electron chi connectivity index (χ2n) is 9.28. The maximum Gasteiger partial charge on any atom is 0.161 e. The number of aliphatic hydroxyl groups is 3. The monoisotopic (exact) mass is 346 g/mol. The van der Waals surface area contributed by atoms with E-state index < -0.39 is 6.10 Å². The van der Waals surface area contributed by atoms with Gasteiger partial charge in [0.1, 0.15) is 6.61 Å². The van der Waals surface area contributed by atoms with E-state index >= 15 is 0 Å². The van der Waals surface area contributed by atoms with Crippen molar-refractivity contribution in [3.63, 3.8) is 0 Å². The fourth-order valence-electron chi connectivity index (χ4n) is 7.08. The highest BCUT2D eigenvalue weighted by molar-refractivity contribution is 5.83. The first-order valence-electron chi connectivity index (χ1n) is 9.73. The van der Waals surface area contributed by atoms with Gasteiger partial charge in [-0.05, 0) is 72.3 Å². The minimum absolute atomic E-state index is 0.0561. The lowest BCUT2D eigenvalue weighted by Crippen LogP contribution is -2.56. The molecule has 0 aromatic rings. The summed E-state index contributed by atoms with van der Waals surface area (Å²) in [6.07, 6.45) is 8.71. The Morgan fingerprint density at radius 2 is 2.08 bits per heavy atom. The second kappa shape index (κ2) is 5.68. The maximum absolute atomic E-state index is 12.3. The van der Waals surface area contributed by atoms with Gasteiger partial charge in [0.2, 0.25) is 0 Å². The van der Waals surface area contributed by atoms with Crippen LogP contribution in [-0.2, 0) is 4.79 Å². The lowest BCUT2D eigenvalue weighted by atomic mass is 9.47. The van der Waals surface area contributed by atoms with Crippen LogP contribution in [0.3, 0.4) is 0 Å². The van der Waals surface area contributed by atoms with E-state index in [0.717, 1.165) is 25.7 Å². The fourth-order valence-corrected chi connectivity index (χ4v) is 7.08. The molecule has 4 aliphatic rings. The summed E-state index contributed by atoms with van der Waals surface area (Å²) >= 11 is 0. The van der Waals surface area contributed by atoms with Gasteiger partial charge in [-0.1, -0.05) is 19.9 Å². The zero-order valence-corrected chi connectivity index (χ0v) is 15.2. The van der Waals surface area contributed by atoms with Crippen LogP contribution in [0.1, 0.15) is 52.4 Å². The van der Waals surface area contributed by atoms with Crippen LogP contribution in [-0.4, -0.2) is 33.8 Å². The van der Waals surface area contributed by atoms with E-state index in [2.05, 4.69) is 19.9 Å². The molecule has 0 radical (unpaired) electrons. The summed E-state index contributed by atoms with van der Waals surface area (Å²) in [6.45, 7) is 4.02. The summed E-state index contributed by atoms with van der Waals surface area (Å²) in [5.41, 5.74) is 0.894. The largest absolute Gasteiger partial charge is 0.512 e. The van der Waals surface area contributed by atoms with Crippen LogP contribution in [0.15, 0.2) is 23.5 Å². The number of hydrogen-bond acceptors (Lipinski definition) is 4. The molecule has 0 heterocycles.